The van der Waals surface area contributed by atoms with Crippen molar-refractivity contribution in [1.29, 1.82) is 0 Å². The largest absolute Gasteiger partial charge is 0.480 e. The zero-order valence-electron chi connectivity index (χ0n) is 51.3. The summed E-state index contributed by atoms with van der Waals surface area (Å²) in [5, 5.41) is 47.3. The predicted molar refractivity (Wildman–Crippen MR) is 313 cm³/mol. The number of carboxylic acid groups (broad SMARTS) is 5. The molecule has 0 rings (SSSR count). The molecule has 0 spiro atoms. The van der Waals surface area contributed by atoms with Crippen LogP contribution in [0.4, 0.5) is 0 Å². The van der Waals surface area contributed by atoms with Crippen LogP contribution in [0.3, 0.4) is 0 Å². The van der Waals surface area contributed by atoms with Gasteiger partial charge in [0.2, 0.25) is 0 Å². The number of unbranched alkanes of at least 4 members (excludes halogenated alkanes) is 27. The number of ether oxygens (including phenoxy) is 5. The Hall–Kier alpha value is -5.42. The van der Waals surface area contributed by atoms with Gasteiger partial charge in [-0.25, -0.2) is 0 Å². The molecule has 1 atom stereocenters. The third-order valence-corrected chi connectivity index (χ3v) is 14.4. The first-order chi connectivity index (χ1) is 40.2. The molecule has 0 aromatic rings. The van der Waals surface area contributed by atoms with Crippen LogP contribution in [-0.2, 0) is 71.6 Å². The number of carbonyl (C=O) groups excluding carboxylic acids is 5. The maximum Gasteiger partial charge on any atom is 0.322 e. The highest BCUT2D eigenvalue weighted by Gasteiger charge is 2.45. The average Bonchev–Trinajstić information content (AvgIpc) is 3.55. The second kappa shape index (κ2) is 52.0. The number of carbonyl (C=O) groups is 10. The van der Waals surface area contributed by atoms with Crippen LogP contribution in [0.25, 0.3) is 0 Å². The molecule has 0 fully saturated rings. The van der Waals surface area contributed by atoms with E-state index in [0.717, 1.165) is 68.1 Å². The van der Waals surface area contributed by atoms with Crippen molar-refractivity contribution >= 4 is 59.7 Å². The highest BCUT2D eigenvalue weighted by molar-refractivity contribution is 5.82. The Morgan fingerprint density at radius 1 is 0.369 bits per heavy atom. The molecular weight excluding hydrogens is 1090 g/mol. The van der Waals surface area contributed by atoms with Gasteiger partial charge in [0.25, 0.3) is 0 Å². The number of aliphatic carboxylic acids is 5. The first-order valence-corrected chi connectivity index (χ1v) is 31.3. The lowest BCUT2D eigenvalue weighted by atomic mass is 9.91. The molecule has 0 heterocycles. The van der Waals surface area contributed by atoms with Gasteiger partial charge in [-0.2, -0.15) is 0 Å². The van der Waals surface area contributed by atoms with Crippen LogP contribution in [0.2, 0.25) is 0 Å². The van der Waals surface area contributed by atoms with Gasteiger partial charge in [-0.3, -0.25) is 62.6 Å². The van der Waals surface area contributed by atoms with Crippen molar-refractivity contribution in [1.82, 2.24) is 14.7 Å². The molecule has 0 aliphatic carbocycles. The standard InChI is InChI=1S/C61H107N3O20/c1-4-6-8-10-12-14-16-18-20-22-24-26-30-34-56(74)83-48-61(47-82-50(3)65,49-84-57(75)35-31-27-25-23-21-19-17-15-13-11-9-7-5-2)60(79)81-41-33-29-28-32-40-80-58(76)42-51(59(77)78)64(38-36-62(43-52(66)67)44-53(68)69)39-37-63(45-54(70)71)46-55(72)73/h51H,4-49H2,1-3H3,(H,66,67)(H,68,69)(H,70,71)(H,72,73)(H,77,78). The molecule has 0 bridgehead atoms. The predicted octanol–water partition coefficient (Wildman–Crippen LogP) is 9.32. The highest BCUT2D eigenvalue weighted by Crippen LogP contribution is 2.25. The minimum Gasteiger partial charge on any atom is -0.480 e. The lowest BCUT2D eigenvalue weighted by molar-refractivity contribution is -0.179. The van der Waals surface area contributed by atoms with E-state index in [2.05, 4.69) is 13.8 Å². The molecule has 0 amide bonds. The van der Waals surface area contributed by atoms with Gasteiger partial charge >= 0.3 is 59.7 Å². The fourth-order valence-corrected chi connectivity index (χ4v) is 9.50. The van der Waals surface area contributed by atoms with E-state index >= 15 is 0 Å². The van der Waals surface area contributed by atoms with Gasteiger partial charge in [-0.05, 0) is 38.5 Å². The number of nitrogens with zero attached hydrogens (tertiary/aromatic N) is 3. The molecule has 486 valence electrons. The zero-order chi connectivity index (χ0) is 62.6. The van der Waals surface area contributed by atoms with Gasteiger partial charge in [-0.1, -0.05) is 168 Å². The van der Waals surface area contributed by atoms with Crippen LogP contribution in [-0.4, -0.2) is 191 Å². The second-order valence-corrected chi connectivity index (χ2v) is 22.2. The molecule has 1 unspecified atom stereocenters. The number of esters is 5. The summed E-state index contributed by atoms with van der Waals surface area (Å²) in [5.74, 6) is -10.6. The molecule has 84 heavy (non-hydrogen) atoms. The number of hydrogen-bond donors (Lipinski definition) is 5. The Morgan fingerprint density at radius 2 is 0.679 bits per heavy atom. The molecule has 0 aromatic carbocycles. The van der Waals surface area contributed by atoms with Gasteiger partial charge in [0, 0.05) is 45.9 Å². The molecule has 23 nitrogen and oxygen atoms in total. The second-order valence-electron chi connectivity index (χ2n) is 22.2. The van der Waals surface area contributed by atoms with Gasteiger partial charge in [0.05, 0.1) is 45.8 Å². The van der Waals surface area contributed by atoms with Gasteiger partial charge in [0.1, 0.15) is 25.9 Å². The topological polar surface area (TPSA) is 328 Å². The zero-order valence-corrected chi connectivity index (χ0v) is 51.3. The van der Waals surface area contributed by atoms with Gasteiger partial charge < -0.3 is 49.2 Å². The van der Waals surface area contributed by atoms with Gasteiger partial charge in [0.15, 0.2) is 5.41 Å². The van der Waals surface area contributed by atoms with Crippen molar-refractivity contribution in [3.8, 4) is 0 Å². The molecule has 0 aromatic heterocycles. The van der Waals surface area contributed by atoms with Crippen LogP contribution < -0.4 is 0 Å². The summed E-state index contributed by atoms with van der Waals surface area (Å²) in [6, 6.07) is -1.62. The molecule has 0 saturated carbocycles. The van der Waals surface area contributed by atoms with Crippen molar-refractivity contribution in [2.45, 2.75) is 239 Å². The van der Waals surface area contributed by atoms with Crippen molar-refractivity contribution in [2.24, 2.45) is 5.41 Å². The monoisotopic (exact) mass is 1200 g/mol. The van der Waals surface area contributed by atoms with Crippen molar-refractivity contribution in [3.63, 3.8) is 0 Å². The van der Waals surface area contributed by atoms with Crippen molar-refractivity contribution in [2.75, 3.05) is 85.4 Å². The number of rotatable bonds is 60. The van der Waals surface area contributed by atoms with E-state index in [9.17, 15) is 73.5 Å². The summed E-state index contributed by atoms with van der Waals surface area (Å²) in [7, 11) is 0. The Balaban J connectivity index is 5.62. The quantitative estimate of drug-likeness (QED) is 0.0215. The highest BCUT2D eigenvalue weighted by atomic mass is 16.6. The fraction of sp³-hybridized carbons (Fsp3) is 0.836. The normalized spacial score (nSPS) is 11.8. The summed E-state index contributed by atoms with van der Waals surface area (Å²) in [6.45, 7) is -0.401. The van der Waals surface area contributed by atoms with Crippen LogP contribution in [0.5, 0.6) is 0 Å². The molecular formula is C61H107N3O20. The van der Waals surface area contributed by atoms with E-state index in [1.165, 1.54) is 108 Å². The third-order valence-electron chi connectivity index (χ3n) is 14.4. The first kappa shape index (κ1) is 78.6. The third kappa shape index (κ3) is 45.9. The van der Waals surface area contributed by atoms with Crippen LogP contribution in [0.1, 0.15) is 233 Å². The molecule has 5 N–H and O–H groups in total. The lowest BCUT2D eigenvalue weighted by Gasteiger charge is -2.32. The Labute approximate surface area is 499 Å². The van der Waals surface area contributed by atoms with E-state index < -0.39 is 124 Å². The van der Waals surface area contributed by atoms with E-state index in [1.54, 1.807) is 0 Å². The Bertz CT molecular complexity index is 1730. The molecule has 0 radical (unpaired) electrons. The van der Waals surface area contributed by atoms with Crippen LogP contribution >= 0.6 is 0 Å². The minimum atomic E-state index is -1.85. The fourth-order valence-electron chi connectivity index (χ4n) is 9.50. The van der Waals surface area contributed by atoms with Crippen LogP contribution in [0.15, 0.2) is 0 Å². The molecule has 0 aliphatic rings. The summed E-state index contributed by atoms with van der Waals surface area (Å²) in [6.07, 6.45) is 30.6. The van der Waals surface area contributed by atoms with E-state index in [4.69, 9.17) is 23.7 Å². The molecule has 23 heteroatoms. The molecule has 0 saturated heterocycles. The SMILES string of the molecule is CCCCCCCCCCCCCCCC(=O)OCC(COC(C)=O)(COC(=O)CCCCCCCCCCCCCCC)C(=O)OCCCCCCOC(=O)CC(C(=O)O)N(CCN(CC(=O)O)CC(=O)O)CCN(CC(=O)O)CC(=O)O. The smallest absolute Gasteiger partial charge is 0.322 e. The summed E-state index contributed by atoms with van der Waals surface area (Å²) in [4.78, 5) is 127. The Kier molecular flexibility index (Phi) is 48.6. The van der Waals surface area contributed by atoms with Crippen molar-refractivity contribution in [3.05, 3.63) is 0 Å². The minimum absolute atomic E-state index is 0.111. The summed E-state index contributed by atoms with van der Waals surface area (Å²) < 4.78 is 27.6. The van der Waals surface area contributed by atoms with Crippen molar-refractivity contribution < 1.29 is 97.2 Å². The van der Waals surface area contributed by atoms with E-state index in [1.807, 2.05) is 0 Å². The maximum atomic E-state index is 14.0. The maximum absolute atomic E-state index is 14.0. The average molecular weight is 1200 g/mol. The van der Waals surface area contributed by atoms with E-state index in [-0.39, 0.29) is 52.2 Å². The summed E-state index contributed by atoms with van der Waals surface area (Å²) >= 11 is 0. The number of hydrogen-bond acceptors (Lipinski definition) is 18. The lowest BCUT2D eigenvalue weighted by Crippen LogP contribution is -2.50. The van der Waals surface area contributed by atoms with Crippen LogP contribution in [0, 0.1) is 5.41 Å². The Morgan fingerprint density at radius 3 is 1.00 bits per heavy atom. The molecule has 0 aliphatic heterocycles. The number of carboxylic acids is 5. The van der Waals surface area contributed by atoms with E-state index in [0.29, 0.717) is 38.5 Å². The van der Waals surface area contributed by atoms with Gasteiger partial charge in [-0.15, -0.1) is 0 Å². The first-order valence-electron chi connectivity index (χ1n) is 31.3. The summed E-state index contributed by atoms with van der Waals surface area (Å²) in [5.41, 5.74) is -1.85.